The molecule has 1 heterocycles. The summed E-state index contributed by atoms with van der Waals surface area (Å²) in [5.74, 6) is -3.16. The predicted molar refractivity (Wildman–Crippen MR) is 71.4 cm³/mol. The number of carbonyl (C=O) groups is 3. The molecule has 1 aliphatic heterocycles. The fraction of sp³-hybridized carbons (Fsp3) is 0.643. The molecule has 7 heteroatoms. The fourth-order valence-corrected chi connectivity index (χ4v) is 3.04. The number of hydrogen-bond donors (Lipinski definition) is 2. The molecule has 7 nitrogen and oxygen atoms in total. The van der Waals surface area contributed by atoms with Crippen LogP contribution in [-0.4, -0.2) is 46.3 Å². The molecule has 0 radical (unpaired) electrons. The summed E-state index contributed by atoms with van der Waals surface area (Å²) in [7, 11) is 0. The largest absolute Gasteiger partial charge is 0.478 e. The second kappa shape index (κ2) is 4.92. The Morgan fingerprint density at radius 2 is 2.05 bits per heavy atom. The maximum absolute atomic E-state index is 12.2. The summed E-state index contributed by atoms with van der Waals surface area (Å²) in [4.78, 5) is 35.0. The van der Waals surface area contributed by atoms with Crippen molar-refractivity contribution in [2.24, 2.45) is 0 Å². The van der Waals surface area contributed by atoms with Gasteiger partial charge in [0.05, 0.1) is 5.57 Å². The number of amides is 1. The first kappa shape index (κ1) is 15.7. The highest BCUT2D eigenvalue weighted by atomic mass is 16.8. The van der Waals surface area contributed by atoms with Gasteiger partial charge in [0.25, 0.3) is 0 Å². The van der Waals surface area contributed by atoms with E-state index in [2.05, 4.69) is 5.32 Å². The monoisotopic (exact) mass is 297 g/mol. The highest BCUT2D eigenvalue weighted by Gasteiger charge is 2.62. The molecule has 0 unspecified atom stereocenters. The van der Waals surface area contributed by atoms with Gasteiger partial charge < -0.3 is 19.9 Å². The molecule has 0 aromatic rings. The number of carboxylic acid groups (broad SMARTS) is 1. The molecule has 0 saturated carbocycles. The summed E-state index contributed by atoms with van der Waals surface area (Å²) in [5.41, 5.74) is -1.39. The Hall–Kier alpha value is -1.73. The first-order valence-corrected chi connectivity index (χ1v) is 6.77. The zero-order chi connectivity index (χ0) is 16.0. The van der Waals surface area contributed by atoms with Gasteiger partial charge in [-0.05, 0) is 26.3 Å². The number of hydrogen-bond acceptors (Lipinski definition) is 5. The van der Waals surface area contributed by atoms with E-state index in [0.717, 1.165) is 6.08 Å². The van der Waals surface area contributed by atoms with Gasteiger partial charge in [-0.15, -0.1) is 0 Å². The molecule has 1 saturated heterocycles. The van der Waals surface area contributed by atoms with Gasteiger partial charge in [0.2, 0.25) is 5.91 Å². The van der Waals surface area contributed by atoms with Crippen molar-refractivity contribution in [2.75, 3.05) is 0 Å². The van der Waals surface area contributed by atoms with E-state index in [1.807, 2.05) is 0 Å². The van der Waals surface area contributed by atoms with Crippen LogP contribution in [0.4, 0.5) is 0 Å². The number of nitrogens with one attached hydrogen (secondary N) is 1. The number of fused-ring (bicyclic) bond motifs is 1. The van der Waals surface area contributed by atoms with Gasteiger partial charge in [-0.2, -0.15) is 0 Å². The van der Waals surface area contributed by atoms with Crippen molar-refractivity contribution < 1.29 is 29.0 Å². The van der Waals surface area contributed by atoms with Crippen LogP contribution in [0, 0.1) is 0 Å². The summed E-state index contributed by atoms with van der Waals surface area (Å²) < 4.78 is 11.6. The molecule has 0 aromatic carbocycles. The summed E-state index contributed by atoms with van der Waals surface area (Å²) in [6.07, 6.45) is 0.473. The van der Waals surface area contributed by atoms with E-state index in [4.69, 9.17) is 9.47 Å². The average Bonchev–Trinajstić information content (AvgIpc) is 2.64. The van der Waals surface area contributed by atoms with Crippen molar-refractivity contribution in [3.8, 4) is 0 Å². The first-order valence-electron chi connectivity index (χ1n) is 6.77. The van der Waals surface area contributed by atoms with Crippen molar-refractivity contribution in [1.29, 1.82) is 0 Å². The molecule has 21 heavy (non-hydrogen) atoms. The lowest BCUT2D eigenvalue weighted by molar-refractivity contribution is -0.161. The van der Waals surface area contributed by atoms with Crippen LogP contribution < -0.4 is 5.32 Å². The van der Waals surface area contributed by atoms with Gasteiger partial charge >= 0.3 is 5.97 Å². The standard InChI is InChI=1S/C14H19NO6/c1-5-14-8(12(18)19)6-9(17)10(15-7(2)16)11(14)20-13(3,4)21-14/h6,10-11H,5H2,1-4H3,(H,15,16)(H,18,19)/t10-,11+,14-/m1/s1. The number of carboxylic acids is 1. The first-order chi connectivity index (χ1) is 9.63. The van der Waals surface area contributed by atoms with Gasteiger partial charge in [0.1, 0.15) is 17.7 Å². The minimum Gasteiger partial charge on any atom is -0.478 e. The van der Waals surface area contributed by atoms with E-state index in [1.54, 1.807) is 20.8 Å². The second-order valence-electron chi connectivity index (χ2n) is 5.73. The van der Waals surface area contributed by atoms with E-state index < -0.39 is 35.3 Å². The van der Waals surface area contributed by atoms with Crippen LogP contribution in [0.15, 0.2) is 11.6 Å². The quantitative estimate of drug-likeness (QED) is 0.781. The zero-order valence-electron chi connectivity index (χ0n) is 12.4. The van der Waals surface area contributed by atoms with Gasteiger partial charge in [-0.25, -0.2) is 4.79 Å². The molecule has 2 N–H and O–H groups in total. The lowest BCUT2D eigenvalue weighted by Crippen LogP contribution is -2.60. The van der Waals surface area contributed by atoms with Crippen molar-refractivity contribution >= 4 is 17.7 Å². The molecule has 0 spiro atoms. The molecule has 2 rings (SSSR count). The van der Waals surface area contributed by atoms with Gasteiger partial charge in [-0.3, -0.25) is 9.59 Å². The fourth-order valence-electron chi connectivity index (χ4n) is 3.04. The number of carbonyl (C=O) groups excluding carboxylic acids is 2. The number of ether oxygens (including phenoxy) is 2. The Morgan fingerprint density at radius 3 is 2.52 bits per heavy atom. The normalized spacial score (nSPS) is 34.1. The highest BCUT2D eigenvalue weighted by molar-refractivity contribution is 6.06. The molecule has 0 bridgehead atoms. The van der Waals surface area contributed by atoms with Crippen LogP contribution in [-0.2, 0) is 23.9 Å². The Kier molecular flexibility index (Phi) is 3.67. The minimum absolute atomic E-state index is 0.132. The van der Waals surface area contributed by atoms with Gasteiger partial charge in [0.15, 0.2) is 11.6 Å². The molecule has 1 fully saturated rings. The van der Waals surface area contributed by atoms with Crippen LogP contribution in [0.25, 0.3) is 0 Å². The summed E-state index contributed by atoms with van der Waals surface area (Å²) >= 11 is 0. The summed E-state index contributed by atoms with van der Waals surface area (Å²) in [6, 6.07) is -0.952. The molecular formula is C14H19NO6. The third-order valence-corrected chi connectivity index (χ3v) is 3.76. The van der Waals surface area contributed by atoms with Crippen LogP contribution in [0.3, 0.4) is 0 Å². The maximum atomic E-state index is 12.2. The molecule has 1 aliphatic carbocycles. The average molecular weight is 297 g/mol. The SMILES string of the molecule is CC[C@]12OC(C)(C)O[C@H]1[C@H](NC(C)=O)C(=O)C=C2C(=O)O. The molecular weight excluding hydrogens is 278 g/mol. The van der Waals surface area contributed by atoms with Gasteiger partial charge in [0, 0.05) is 6.92 Å². The molecule has 1 amide bonds. The van der Waals surface area contributed by atoms with Crippen LogP contribution in [0.5, 0.6) is 0 Å². The zero-order valence-corrected chi connectivity index (χ0v) is 12.4. The van der Waals surface area contributed by atoms with E-state index in [1.165, 1.54) is 6.92 Å². The smallest absolute Gasteiger partial charge is 0.334 e. The Bertz CT molecular complexity index is 538. The highest BCUT2D eigenvalue weighted by Crippen LogP contribution is 2.47. The van der Waals surface area contributed by atoms with E-state index in [-0.39, 0.29) is 11.5 Å². The van der Waals surface area contributed by atoms with E-state index in [0.29, 0.717) is 6.42 Å². The molecule has 2 aliphatic rings. The predicted octanol–water partition coefficient (Wildman–Crippen LogP) is 0.385. The topological polar surface area (TPSA) is 102 Å². The third-order valence-electron chi connectivity index (χ3n) is 3.76. The van der Waals surface area contributed by atoms with Crippen molar-refractivity contribution in [2.45, 2.75) is 57.6 Å². The summed E-state index contributed by atoms with van der Waals surface area (Å²) in [5, 5.41) is 11.9. The van der Waals surface area contributed by atoms with Crippen molar-refractivity contribution in [3.63, 3.8) is 0 Å². The molecule has 116 valence electrons. The van der Waals surface area contributed by atoms with Gasteiger partial charge in [-0.1, -0.05) is 6.92 Å². The number of rotatable bonds is 3. The Morgan fingerprint density at radius 1 is 1.43 bits per heavy atom. The number of ketones is 1. The van der Waals surface area contributed by atoms with Crippen LogP contribution in [0.2, 0.25) is 0 Å². The lowest BCUT2D eigenvalue weighted by atomic mass is 9.76. The Labute approximate surface area is 122 Å². The van der Waals surface area contributed by atoms with Crippen molar-refractivity contribution in [1.82, 2.24) is 5.32 Å². The van der Waals surface area contributed by atoms with Crippen LogP contribution in [0.1, 0.15) is 34.1 Å². The van der Waals surface area contributed by atoms with Crippen molar-refractivity contribution in [3.05, 3.63) is 11.6 Å². The van der Waals surface area contributed by atoms with Crippen LogP contribution >= 0.6 is 0 Å². The summed E-state index contributed by atoms with van der Waals surface area (Å²) in [6.45, 7) is 6.35. The van der Waals surface area contributed by atoms with E-state index in [9.17, 15) is 19.5 Å². The minimum atomic E-state index is -1.25. The molecule has 3 atom stereocenters. The lowest BCUT2D eigenvalue weighted by Gasteiger charge is -2.38. The second-order valence-corrected chi connectivity index (χ2v) is 5.73. The third kappa shape index (κ3) is 2.47. The number of aliphatic carboxylic acids is 1. The molecule has 0 aromatic heterocycles. The van der Waals surface area contributed by atoms with E-state index >= 15 is 0 Å². The maximum Gasteiger partial charge on any atom is 0.334 e. The Balaban J connectivity index is 2.56.